The minimum absolute atomic E-state index is 0.0338. The van der Waals surface area contributed by atoms with Gasteiger partial charge in [0.15, 0.2) is 0 Å². The third kappa shape index (κ3) is 3.26. The molecule has 1 amide bonds. The third-order valence-electron chi connectivity index (χ3n) is 4.80. The maximum atomic E-state index is 12.9. The highest BCUT2D eigenvalue weighted by atomic mass is 16.2. The number of hydrogen-bond donors (Lipinski definition) is 0. The highest BCUT2D eigenvalue weighted by molar-refractivity contribution is 5.93. The van der Waals surface area contributed by atoms with E-state index >= 15 is 0 Å². The molecule has 0 N–H and O–H groups in total. The van der Waals surface area contributed by atoms with Crippen molar-refractivity contribution in [2.45, 2.75) is 19.8 Å². The fraction of sp³-hybridized carbons (Fsp3) is 0.238. The molecule has 0 aliphatic rings. The van der Waals surface area contributed by atoms with Crippen molar-refractivity contribution in [3.05, 3.63) is 67.1 Å². The highest BCUT2D eigenvalue weighted by Gasteiger charge is 2.19. The van der Waals surface area contributed by atoms with Gasteiger partial charge in [0.1, 0.15) is 17.8 Å². The van der Waals surface area contributed by atoms with Crippen molar-refractivity contribution >= 4 is 11.4 Å². The topological polar surface area (TPSA) is 68.3 Å². The molecule has 0 atom stereocenters. The number of carbonyl (C=O) groups is 1. The van der Waals surface area contributed by atoms with E-state index in [1.165, 1.54) is 6.33 Å². The van der Waals surface area contributed by atoms with E-state index in [-0.39, 0.29) is 5.91 Å². The predicted octanol–water partition coefficient (Wildman–Crippen LogP) is 3.45. The molecule has 0 radical (unpaired) electrons. The van der Waals surface area contributed by atoms with E-state index in [9.17, 15) is 4.79 Å². The number of amides is 1. The Hall–Kier alpha value is -3.48. The first-order chi connectivity index (χ1) is 13.7. The standard InChI is InChI=1S/C21H22N6O/c1-3-4-11-25(2)21(28)19-9-10-24-27(19)20-8-7-18-6-5-16(14-26(18)20)17-12-22-15-23-13-17/h5-10,12-15H,3-4,11H2,1-2H3. The summed E-state index contributed by atoms with van der Waals surface area (Å²) < 4.78 is 3.72. The van der Waals surface area contributed by atoms with Gasteiger partial charge in [-0.2, -0.15) is 5.10 Å². The number of carbonyl (C=O) groups excluding carboxylic acids is 1. The van der Waals surface area contributed by atoms with Crippen LogP contribution in [0.3, 0.4) is 0 Å². The van der Waals surface area contributed by atoms with Crippen LogP contribution in [0.25, 0.3) is 22.5 Å². The summed E-state index contributed by atoms with van der Waals surface area (Å²) in [4.78, 5) is 22.8. The fourth-order valence-corrected chi connectivity index (χ4v) is 3.22. The lowest BCUT2D eigenvalue weighted by molar-refractivity contribution is 0.0784. The first-order valence-electron chi connectivity index (χ1n) is 9.35. The minimum Gasteiger partial charge on any atom is -0.340 e. The molecule has 0 spiro atoms. The van der Waals surface area contributed by atoms with Crippen LogP contribution in [0.5, 0.6) is 0 Å². The monoisotopic (exact) mass is 374 g/mol. The molecule has 0 aliphatic heterocycles. The second-order valence-corrected chi connectivity index (χ2v) is 6.74. The Morgan fingerprint density at radius 1 is 1.07 bits per heavy atom. The molecule has 0 unspecified atom stereocenters. The van der Waals surface area contributed by atoms with Crippen LogP contribution >= 0.6 is 0 Å². The molecule has 0 aromatic carbocycles. The second kappa shape index (κ2) is 7.64. The largest absolute Gasteiger partial charge is 0.340 e. The van der Waals surface area contributed by atoms with Gasteiger partial charge in [0.2, 0.25) is 0 Å². The van der Waals surface area contributed by atoms with Crippen molar-refractivity contribution in [3.63, 3.8) is 0 Å². The van der Waals surface area contributed by atoms with E-state index in [1.54, 1.807) is 34.2 Å². The Morgan fingerprint density at radius 2 is 1.86 bits per heavy atom. The average Bonchev–Trinajstić information content (AvgIpc) is 3.38. The molecule has 0 bridgehead atoms. The molecule has 0 saturated heterocycles. The lowest BCUT2D eigenvalue weighted by atomic mass is 10.1. The van der Waals surface area contributed by atoms with Gasteiger partial charge in [0.05, 0.1) is 6.20 Å². The predicted molar refractivity (Wildman–Crippen MR) is 107 cm³/mol. The van der Waals surface area contributed by atoms with Crippen molar-refractivity contribution < 1.29 is 4.79 Å². The number of pyridine rings is 1. The number of hydrogen-bond acceptors (Lipinski definition) is 4. The van der Waals surface area contributed by atoms with Gasteiger partial charge in [0, 0.05) is 48.8 Å². The minimum atomic E-state index is -0.0338. The van der Waals surface area contributed by atoms with Crippen molar-refractivity contribution in [1.82, 2.24) is 29.0 Å². The molecule has 142 valence electrons. The van der Waals surface area contributed by atoms with E-state index in [0.29, 0.717) is 5.69 Å². The molecule has 28 heavy (non-hydrogen) atoms. The van der Waals surface area contributed by atoms with E-state index in [1.807, 2.05) is 41.9 Å². The van der Waals surface area contributed by atoms with Crippen LogP contribution in [0.4, 0.5) is 0 Å². The number of nitrogens with zero attached hydrogens (tertiary/aromatic N) is 6. The molecule has 4 aromatic rings. The summed E-state index contributed by atoms with van der Waals surface area (Å²) in [6, 6.07) is 9.81. The molecule has 0 saturated carbocycles. The molecule has 4 heterocycles. The summed E-state index contributed by atoms with van der Waals surface area (Å²) in [5.74, 6) is 0.777. The van der Waals surface area contributed by atoms with E-state index in [4.69, 9.17) is 0 Å². The SMILES string of the molecule is CCCCN(C)C(=O)c1ccnn1-c1ccc2ccc(-c3cncnc3)cn12. The third-order valence-corrected chi connectivity index (χ3v) is 4.80. The van der Waals surface area contributed by atoms with Crippen molar-refractivity contribution in [1.29, 1.82) is 0 Å². The van der Waals surface area contributed by atoms with Gasteiger partial charge in [-0.25, -0.2) is 14.6 Å². The van der Waals surface area contributed by atoms with Crippen LogP contribution in [-0.2, 0) is 0 Å². The van der Waals surface area contributed by atoms with Gasteiger partial charge in [-0.1, -0.05) is 19.4 Å². The fourth-order valence-electron chi connectivity index (χ4n) is 3.22. The molecule has 0 aliphatic carbocycles. The molecule has 0 fully saturated rings. The van der Waals surface area contributed by atoms with Crippen molar-refractivity contribution in [2.24, 2.45) is 0 Å². The zero-order chi connectivity index (χ0) is 19.5. The van der Waals surface area contributed by atoms with Crippen LogP contribution in [0.1, 0.15) is 30.3 Å². The Labute approximate surface area is 163 Å². The Kier molecular flexibility index (Phi) is 4.89. The first-order valence-corrected chi connectivity index (χ1v) is 9.35. The summed E-state index contributed by atoms with van der Waals surface area (Å²) in [5.41, 5.74) is 3.49. The van der Waals surface area contributed by atoms with Gasteiger partial charge >= 0.3 is 0 Å². The number of unbranched alkanes of at least 4 members (excludes halogenated alkanes) is 1. The van der Waals surface area contributed by atoms with Gasteiger partial charge in [-0.3, -0.25) is 4.79 Å². The van der Waals surface area contributed by atoms with Crippen LogP contribution in [0, 0.1) is 0 Å². The lowest BCUT2D eigenvalue weighted by Crippen LogP contribution is -2.29. The van der Waals surface area contributed by atoms with E-state index in [2.05, 4.69) is 22.0 Å². The smallest absolute Gasteiger partial charge is 0.272 e. The maximum Gasteiger partial charge on any atom is 0.272 e. The van der Waals surface area contributed by atoms with Crippen LogP contribution in [0.2, 0.25) is 0 Å². The zero-order valence-electron chi connectivity index (χ0n) is 16.0. The van der Waals surface area contributed by atoms with Gasteiger partial charge in [0.25, 0.3) is 5.91 Å². The highest BCUT2D eigenvalue weighted by Crippen LogP contribution is 2.22. The average molecular weight is 374 g/mol. The number of aromatic nitrogens is 5. The summed E-state index contributed by atoms with van der Waals surface area (Å²) >= 11 is 0. The zero-order valence-corrected chi connectivity index (χ0v) is 16.0. The quantitative estimate of drug-likeness (QED) is 0.518. The molecular weight excluding hydrogens is 352 g/mol. The van der Waals surface area contributed by atoms with E-state index < -0.39 is 0 Å². The lowest BCUT2D eigenvalue weighted by Gasteiger charge is -2.17. The summed E-state index contributed by atoms with van der Waals surface area (Å²) in [7, 11) is 1.83. The van der Waals surface area contributed by atoms with Crippen LogP contribution < -0.4 is 0 Å². The molecule has 4 rings (SSSR count). The molecule has 7 heteroatoms. The molecule has 4 aromatic heterocycles. The Morgan fingerprint density at radius 3 is 2.64 bits per heavy atom. The number of rotatable bonds is 6. The first kappa shape index (κ1) is 17.9. The Balaban J connectivity index is 1.75. The number of fused-ring (bicyclic) bond motifs is 1. The summed E-state index contributed by atoms with van der Waals surface area (Å²) in [6.07, 6.45) is 10.8. The summed E-state index contributed by atoms with van der Waals surface area (Å²) in [5, 5.41) is 4.42. The second-order valence-electron chi connectivity index (χ2n) is 6.74. The normalized spacial score (nSPS) is 11.1. The summed E-state index contributed by atoms with van der Waals surface area (Å²) in [6.45, 7) is 2.85. The van der Waals surface area contributed by atoms with Gasteiger partial charge < -0.3 is 9.30 Å². The van der Waals surface area contributed by atoms with E-state index in [0.717, 1.165) is 41.8 Å². The van der Waals surface area contributed by atoms with Gasteiger partial charge in [-0.05, 0) is 30.7 Å². The maximum absolute atomic E-state index is 12.9. The van der Waals surface area contributed by atoms with Gasteiger partial charge in [-0.15, -0.1) is 0 Å². The van der Waals surface area contributed by atoms with Crippen LogP contribution in [0.15, 0.2) is 61.4 Å². The molecule has 7 nitrogen and oxygen atoms in total. The van der Waals surface area contributed by atoms with Crippen molar-refractivity contribution in [3.8, 4) is 16.9 Å². The Bertz CT molecular complexity index is 1100. The van der Waals surface area contributed by atoms with Crippen molar-refractivity contribution in [2.75, 3.05) is 13.6 Å². The van der Waals surface area contributed by atoms with Crippen LogP contribution in [-0.4, -0.2) is 48.5 Å². The molecular formula is C21H22N6O.